The van der Waals surface area contributed by atoms with Gasteiger partial charge in [0.15, 0.2) is 0 Å². The Balaban J connectivity index is 1.47. The first-order valence-corrected chi connectivity index (χ1v) is 29.7. The van der Waals surface area contributed by atoms with E-state index in [2.05, 4.69) is 78.3 Å². The predicted molar refractivity (Wildman–Crippen MR) is 271 cm³/mol. The fourth-order valence-electron chi connectivity index (χ4n) is 11.5. The van der Waals surface area contributed by atoms with Crippen LogP contribution in [0.5, 0.6) is 0 Å². The SMILES string of the molecule is CCCCCCCCC1(CCCCCCCC)c2cc(Br)c3n[se]nc3c2-c2c(F)c3c(c(F)c21)-c1c(cc(I)c2n[se]nc12)C3(CCCCCCCC)CCCCCCCC. The summed E-state index contributed by atoms with van der Waals surface area (Å²) in [6, 6.07) is 4.50. The second-order valence-corrected chi connectivity index (χ2v) is 23.1. The van der Waals surface area contributed by atoms with Crippen molar-refractivity contribution in [1.29, 1.82) is 0 Å². The molecule has 2 aromatic heterocycles. The van der Waals surface area contributed by atoms with E-state index in [1.807, 2.05) is 0 Å². The van der Waals surface area contributed by atoms with Gasteiger partial charge in [0.2, 0.25) is 0 Å². The molecule has 3 aromatic carbocycles. The summed E-state index contributed by atoms with van der Waals surface area (Å²) < 4.78 is 60.5. The number of hydrogen-bond acceptors (Lipinski definition) is 4. The molecular formula is C52H70BrF2IN4Se2. The van der Waals surface area contributed by atoms with Crippen LogP contribution < -0.4 is 0 Å². The average Bonchev–Trinajstić information content (AvgIpc) is 4.07. The molecule has 0 aliphatic heterocycles. The molecule has 2 aliphatic carbocycles. The van der Waals surface area contributed by atoms with Crippen molar-refractivity contribution in [2.75, 3.05) is 0 Å². The average molecular weight is 1150 g/mol. The van der Waals surface area contributed by atoms with Crippen LogP contribution in [-0.2, 0) is 10.8 Å². The Hall–Kier alpha value is -1.03. The molecule has 0 unspecified atom stereocenters. The van der Waals surface area contributed by atoms with E-state index >= 15 is 8.78 Å². The van der Waals surface area contributed by atoms with E-state index in [-0.39, 0.29) is 41.6 Å². The van der Waals surface area contributed by atoms with Gasteiger partial charge in [0.05, 0.1) is 0 Å². The standard InChI is InChI=1S/C52H70BrF2IN4Se2/c1-5-9-13-17-21-25-29-51(30-26-22-18-14-10-6-2)35-33-37(53)47-49(59-61-57-47)39(35)41-43(51)46(55)42-40-36(34-38(56)48-50(40)60-62-58-48)52(44(42)45(41)54,31-27-23-19-15-11-7-3)32-28-24-20-16-12-8-4/h33-34H,5-32H2,1-4H3. The fraction of sp³-hybridized carbons (Fsp3) is 0.654. The van der Waals surface area contributed by atoms with E-state index in [0.717, 1.165) is 129 Å². The summed E-state index contributed by atoms with van der Waals surface area (Å²) in [5.41, 5.74) is 8.10. The molecular weight excluding hydrogens is 1080 g/mol. The topological polar surface area (TPSA) is 51.6 Å². The molecule has 7 rings (SSSR count). The third-order valence-corrected chi connectivity index (χ3v) is 18.3. The Morgan fingerprint density at radius 1 is 0.452 bits per heavy atom. The van der Waals surface area contributed by atoms with Crippen molar-refractivity contribution in [2.24, 2.45) is 0 Å². The van der Waals surface area contributed by atoms with Gasteiger partial charge in [-0.05, 0) is 0 Å². The van der Waals surface area contributed by atoms with E-state index in [1.54, 1.807) is 0 Å². The summed E-state index contributed by atoms with van der Waals surface area (Å²) in [7, 11) is 0. The smallest absolute Gasteiger partial charge is 0.0654 e. The molecule has 0 spiro atoms. The number of benzene rings is 3. The summed E-state index contributed by atoms with van der Waals surface area (Å²) in [4.78, 5) is 0. The van der Waals surface area contributed by atoms with E-state index in [0.29, 0.717) is 22.3 Å². The molecule has 5 aromatic rings. The fourth-order valence-corrected chi connectivity index (χ4v) is 15.7. The first kappa shape index (κ1) is 48.9. The van der Waals surface area contributed by atoms with Gasteiger partial charge in [0, 0.05) is 0 Å². The second kappa shape index (κ2) is 23.1. The molecule has 338 valence electrons. The van der Waals surface area contributed by atoms with Gasteiger partial charge in [-0.2, -0.15) is 0 Å². The summed E-state index contributed by atoms with van der Waals surface area (Å²) in [5, 5.41) is 0. The summed E-state index contributed by atoms with van der Waals surface area (Å²) in [6.45, 7) is 9.06. The minimum atomic E-state index is -0.662. The van der Waals surface area contributed by atoms with Crippen LogP contribution in [0.15, 0.2) is 16.6 Å². The second-order valence-electron chi connectivity index (χ2n) is 18.8. The molecule has 62 heavy (non-hydrogen) atoms. The Kier molecular flexibility index (Phi) is 18.2. The maximum absolute atomic E-state index is 19.3. The third kappa shape index (κ3) is 9.69. The first-order valence-electron chi connectivity index (χ1n) is 24.8. The number of nitrogens with zero attached hydrogens (tertiary/aromatic N) is 4. The van der Waals surface area contributed by atoms with Crippen molar-refractivity contribution < 1.29 is 8.78 Å². The van der Waals surface area contributed by atoms with Gasteiger partial charge in [-0.25, -0.2) is 0 Å². The number of fused-ring (bicyclic) bond motifs is 10. The molecule has 0 bridgehead atoms. The molecule has 10 heteroatoms. The van der Waals surface area contributed by atoms with Crippen molar-refractivity contribution >= 4 is 90.5 Å². The van der Waals surface area contributed by atoms with Crippen LogP contribution in [0.2, 0.25) is 0 Å². The predicted octanol–water partition coefficient (Wildman–Crippen LogP) is 16.9. The first-order chi connectivity index (χ1) is 30.3. The molecule has 0 saturated carbocycles. The Morgan fingerprint density at radius 2 is 0.774 bits per heavy atom. The van der Waals surface area contributed by atoms with Crippen LogP contribution >= 0.6 is 38.5 Å². The molecule has 2 aliphatic rings. The number of rotatable bonds is 28. The van der Waals surface area contributed by atoms with Gasteiger partial charge in [-0.15, -0.1) is 0 Å². The van der Waals surface area contributed by atoms with Crippen LogP contribution in [0.1, 0.15) is 230 Å². The van der Waals surface area contributed by atoms with E-state index in [1.165, 1.54) is 103 Å². The van der Waals surface area contributed by atoms with Crippen LogP contribution in [0.4, 0.5) is 8.78 Å². The van der Waals surface area contributed by atoms with Gasteiger partial charge in [-0.1, -0.05) is 27.7 Å². The van der Waals surface area contributed by atoms with Gasteiger partial charge in [0.25, 0.3) is 0 Å². The minimum absolute atomic E-state index is 0.193. The van der Waals surface area contributed by atoms with E-state index in [9.17, 15) is 0 Å². The molecule has 0 N–H and O–H groups in total. The molecule has 0 atom stereocenters. The van der Waals surface area contributed by atoms with Crippen molar-refractivity contribution in [3.8, 4) is 22.3 Å². The Bertz CT molecular complexity index is 2080. The molecule has 2 heterocycles. The Morgan fingerprint density at radius 3 is 1.18 bits per heavy atom. The number of aromatic nitrogens is 4. The van der Waals surface area contributed by atoms with Crippen LogP contribution in [0.25, 0.3) is 44.3 Å². The van der Waals surface area contributed by atoms with Crippen LogP contribution in [-0.4, -0.2) is 45.8 Å². The monoisotopic (exact) mass is 1150 g/mol. The van der Waals surface area contributed by atoms with Crippen molar-refractivity contribution in [3.63, 3.8) is 0 Å². The number of unbranched alkanes of at least 4 members (excludes halogenated alkanes) is 20. The minimum Gasteiger partial charge on any atom is -0.0654 e. The van der Waals surface area contributed by atoms with Crippen LogP contribution in [0, 0.1) is 15.2 Å². The van der Waals surface area contributed by atoms with Crippen LogP contribution in [0.3, 0.4) is 0 Å². The zero-order valence-corrected chi connectivity index (χ0v) is 45.2. The molecule has 4 nitrogen and oxygen atoms in total. The third-order valence-electron chi connectivity index (χ3n) is 14.7. The maximum atomic E-state index is 19.3. The van der Waals surface area contributed by atoms with E-state index in [4.69, 9.17) is 15.9 Å². The molecule has 0 radical (unpaired) electrons. The Labute approximate surface area is 406 Å². The number of hydrogen-bond donors (Lipinski definition) is 0. The zero-order valence-electron chi connectivity index (χ0n) is 38.1. The molecule has 0 amide bonds. The van der Waals surface area contributed by atoms with Crippen molar-refractivity contribution in [2.45, 2.75) is 218 Å². The number of halogens is 4. The normalized spacial score (nSPS) is 14.6. The molecule has 0 saturated heterocycles. The summed E-state index contributed by atoms with van der Waals surface area (Å²) in [5.74, 6) is -0.385. The summed E-state index contributed by atoms with van der Waals surface area (Å²) in [6.07, 6.45) is 31.0. The van der Waals surface area contributed by atoms with Gasteiger partial charge >= 0.3 is 382 Å². The zero-order chi connectivity index (χ0) is 43.7. The quantitative estimate of drug-likeness (QED) is 0.0284. The van der Waals surface area contributed by atoms with Crippen molar-refractivity contribution in [3.05, 3.63) is 54.1 Å². The van der Waals surface area contributed by atoms with Gasteiger partial charge in [-0.3, -0.25) is 0 Å². The van der Waals surface area contributed by atoms with Crippen molar-refractivity contribution in [1.82, 2.24) is 15.9 Å². The van der Waals surface area contributed by atoms with E-state index < -0.39 is 10.8 Å². The van der Waals surface area contributed by atoms with Gasteiger partial charge < -0.3 is 0 Å². The summed E-state index contributed by atoms with van der Waals surface area (Å²) >= 11 is 5.74. The molecule has 0 fully saturated rings. The van der Waals surface area contributed by atoms with Gasteiger partial charge in [0.1, 0.15) is 0 Å².